The second-order valence-electron chi connectivity index (χ2n) is 3.69. The molecule has 1 unspecified atom stereocenters. The minimum absolute atomic E-state index is 0.221. The molecule has 1 aromatic carbocycles. The van der Waals surface area contributed by atoms with Crippen LogP contribution in [0.15, 0.2) is 18.2 Å². The van der Waals surface area contributed by atoms with Gasteiger partial charge in [0, 0.05) is 13.1 Å². The molecule has 0 saturated heterocycles. The van der Waals surface area contributed by atoms with Crippen molar-refractivity contribution < 1.29 is 13.6 Å². The van der Waals surface area contributed by atoms with Crippen molar-refractivity contribution in [2.24, 2.45) is 0 Å². The van der Waals surface area contributed by atoms with Gasteiger partial charge >= 0.3 is 0 Å². The lowest BCUT2D eigenvalue weighted by molar-refractivity contribution is -0.134. The first-order chi connectivity index (χ1) is 7.59. The van der Waals surface area contributed by atoms with Crippen molar-refractivity contribution in [1.82, 2.24) is 4.90 Å². The van der Waals surface area contributed by atoms with Gasteiger partial charge in [-0.1, -0.05) is 23.7 Å². The van der Waals surface area contributed by atoms with Crippen molar-refractivity contribution >= 4 is 17.5 Å². The van der Waals surface area contributed by atoms with Gasteiger partial charge in [-0.15, -0.1) is 0 Å². The monoisotopic (exact) mass is 245 g/mol. The van der Waals surface area contributed by atoms with Crippen LogP contribution in [-0.2, 0) is 17.8 Å². The molecule has 0 bridgehead atoms. The summed E-state index contributed by atoms with van der Waals surface area (Å²) in [4.78, 5) is 12.6. The molecule has 86 valence electrons. The van der Waals surface area contributed by atoms with Crippen molar-refractivity contribution in [2.75, 3.05) is 6.54 Å². The van der Waals surface area contributed by atoms with Gasteiger partial charge in [0.25, 0.3) is 11.5 Å². The highest BCUT2D eigenvalue weighted by molar-refractivity contribution is 6.29. The summed E-state index contributed by atoms with van der Waals surface area (Å²) in [5.41, 5.74) is -0.691. The lowest BCUT2D eigenvalue weighted by Crippen LogP contribution is -2.39. The van der Waals surface area contributed by atoms with Crippen LogP contribution in [0.3, 0.4) is 0 Å². The molecule has 16 heavy (non-hydrogen) atoms. The Balaban J connectivity index is 2.21. The molecule has 0 radical (unpaired) electrons. The van der Waals surface area contributed by atoms with Crippen LogP contribution >= 0.6 is 11.6 Å². The van der Waals surface area contributed by atoms with Crippen LogP contribution < -0.4 is 0 Å². The Morgan fingerprint density at radius 1 is 1.50 bits per heavy atom. The Hall–Kier alpha value is -1.16. The molecule has 2 nitrogen and oxygen atoms in total. The molecule has 5 heteroatoms. The summed E-state index contributed by atoms with van der Waals surface area (Å²) in [7, 11) is 0. The van der Waals surface area contributed by atoms with Crippen molar-refractivity contribution in [3.8, 4) is 0 Å². The first-order valence-electron chi connectivity index (χ1n) is 4.93. The number of carbonyl (C=O) groups excluding carboxylic acids is 1. The first kappa shape index (κ1) is 11.3. The highest BCUT2D eigenvalue weighted by atomic mass is 35.5. The third-order valence-corrected chi connectivity index (χ3v) is 2.89. The van der Waals surface area contributed by atoms with Gasteiger partial charge in [0.15, 0.2) is 0 Å². The third-order valence-electron chi connectivity index (χ3n) is 2.71. The highest BCUT2D eigenvalue weighted by Crippen LogP contribution is 2.22. The minimum atomic E-state index is -2.02. The summed E-state index contributed by atoms with van der Waals surface area (Å²) < 4.78 is 26.0. The van der Waals surface area contributed by atoms with Gasteiger partial charge in [-0.25, -0.2) is 8.78 Å². The fraction of sp³-hybridized carbons (Fsp3) is 0.364. The van der Waals surface area contributed by atoms with Crippen molar-refractivity contribution in [2.45, 2.75) is 18.6 Å². The maximum atomic E-state index is 13.4. The number of carbonyl (C=O) groups is 1. The molecule has 1 aliphatic rings. The Morgan fingerprint density at radius 3 is 2.94 bits per heavy atom. The molecule has 0 N–H and O–H groups in total. The molecule has 0 aliphatic carbocycles. The predicted molar refractivity (Wildman–Crippen MR) is 56.3 cm³/mol. The average molecular weight is 246 g/mol. The average Bonchev–Trinajstić information content (AvgIpc) is 2.28. The van der Waals surface area contributed by atoms with E-state index in [-0.39, 0.29) is 12.4 Å². The van der Waals surface area contributed by atoms with Crippen LogP contribution in [0.4, 0.5) is 8.78 Å². The van der Waals surface area contributed by atoms with E-state index in [1.165, 1.54) is 11.0 Å². The van der Waals surface area contributed by atoms with E-state index in [9.17, 15) is 13.6 Å². The summed E-state index contributed by atoms with van der Waals surface area (Å²) in [6.45, 7) is 0.527. The standard InChI is InChI=1S/C11H10ClF2NO/c12-10(14)11(16)15-5-4-8-7(6-15)2-1-3-9(8)13/h1-3,10H,4-6H2. The number of rotatable bonds is 1. The number of hydrogen-bond donors (Lipinski definition) is 0. The summed E-state index contributed by atoms with van der Waals surface area (Å²) >= 11 is 5.09. The number of fused-ring (bicyclic) bond motifs is 1. The third kappa shape index (κ3) is 2.02. The van der Waals surface area contributed by atoms with E-state index in [1.54, 1.807) is 12.1 Å². The molecule has 0 spiro atoms. The molecule has 1 aliphatic heterocycles. The molecule has 1 aromatic rings. The SMILES string of the molecule is O=C(C(F)Cl)N1CCc2c(F)cccc2C1. The Kier molecular flexibility index (Phi) is 3.10. The fourth-order valence-electron chi connectivity index (χ4n) is 1.89. The molecule has 0 saturated carbocycles. The zero-order chi connectivity index (χ0) is 11.7. The smallest absolute Gasteiger partial charge is 0.273 e. The van der Waals surface area contributed by atoms with E-state index in [4.69, 9.17) is 11.6 Å². The van der Waals surface area contributed by atoms with Crippen LogP contribution in [0, 0.1) is 5.82 Å². The molecular weight excluding hydrogens is 236 g/mol. The highest BCUT2D eigenvalue weighted by Gasteiger charge is 2.26. The molecule has 1 atom stereocenters. The second kappa shape index (κ2) is 4.37. The zero-order valence-corrected chi connectivity index (χ0v) is 9.18. The number of hydrogen-bond acceptors (Lipinski definition) is 1. The number of halogens is 3. The van der Waals surface area contributed by atoms with E-state index in [0.29, 0.717) is 18.5 Å². The predicted octanol–water partition coefficient (Wildman–Crippen LogP) is 2.24. The number of alkyl halides is 2. The van der Waals surface area contributed by atoms with Crippen molar-refractivity contribution in [3.05, 3.63) is 35.1 Å². The van der Waals surface area contributed by atoms with Gasteiger partial charge in [0.1, 0.15) is 5.82 Å². The number of benzene rings is 1. The number of nitrogens with zero attached hydrogens (tertiary/aromatic N) is 1. The molecular formula is C11H10ClF2NO. The Labute approximate surface area is 96.8 Å². The van der Waals surface area contributed by atoms with Crippen LogP contribution in [-0.4, -0.2) is 23.0 Å². The Bertz CT molecular complexity index is 422. The van der Waals surface area contributed by atoms with Gasteiger partial charge in [-0.05, 0) is 23.6 Å². The minimum Gasteiger partial charge on any atom is -0.334 e. The van der Waals surface area contributed by atoms with Crippen LogP contribution in [0.5, 0.6) is 0 Å². The van der Waals surface area contributed by atoms with E-state index in [1.807, 2.05) is 0 Å². The summed E-state index contributed by atoms with van der Waals surface area (Å²) in [5.74, 6) is -1.02. The lowest BCUT2D eigenvalue weighted by atomic mass is 9.99. The molecule has 2 rings (SSSR count). The van der Waals surface area contributed by atoms with Gasteiger partial charge in [-0.2, -0.15) is 0 Å². The van der Waals surface area contributed by atoms with Gasteiger partial charge in [0.05, 0.1) is 0 Å². The largest absolute Gasteiger partial charge is 0.334 e. The van der Waals surface area contributed by atoms with E-state index < -0.39 is 11.5 Å². The molecule has 0 aromatic heterocycles. The van der Waals surface area contributed by atoms with E-state index in [0.717, 1.165) is 5.56 Å². The fourth-order valence-corrected chi connectivity index (χ4v) is 2.03. The molecule has 1 heterocycles. The summed E-state index contributed by atoms with van der Waals surface area (Å²) in [6.07, 6.45) is 0.400. The van der Waals surface area contributed by atoms with Crippen LogP contribution in [0.2, 0.25) is 0 Å². The maximum Gasteiger partial charge on any atom is 0.273 e. The van der Waals surface area contributed by atoms with Gasteiger partial charge in [0.2, 0.25) is 0 Å². The second-order valence-corrected chi connectivity index (χ2v) is 4.07. The quantitative estimate of drug-likeness (QED) is 0.695. The lowest BCUT2D eigenvalue weighted by Gasteiger charge is -2.29. The molecule has 0 fully saturated rings. The van der Waals surface area contributed by atoms with Crippen LogP contribution in [0.25, 0.3) is 0 Å². The van der Waals surface area contributed by atoms with E-state index >= 15 is 0 Å². The summed E-state index contributed by atoms with van der Waals surface area (Å²) in [6, 6.07) is 4.70. The first-order valence-corrected chi connectivity index (χ1v) is 5.36. The topological polar surface area (TPSA) is 20.3 Å². The maximum absolute atomic E-state index is 13.4. The van der Waals surface area contributed by atoms with Crippen molar-refractivity contribution in [1.29, 1.82) is 0 Å². The zero-order valence-electron chi connectivity index (χ0n) is 8.42. The number of amides is 1. The van der Waals surface area contributed by atoms with E-state index in [2.05, 4.69) is 0 Å². The van der Waals surface area contributed by atoms with Crippen LogP contribution in [0.1, 0.15) is 11.1 Å². The summed E-state index contributed by atoms with van der Waals surface area (Å²) in [5, 5.41) is 0. The normalized spacial score (nSPS) is 16.8. The van der Waals surface area contributed by atoms with Gasteiger partial charge < -0.3 is 4.90 Å². The Morgan fingerprint density at radius 2 is 2.25 bits per heavy atom. The molecule has 1 amide bonds. The van der Waals surface area contributed by atoms with Crippen molar-refractivity contribution in [3.63, 3.8) is 0 Å². The van der Waals surface area contributed by atoms with Gasteiger partial charge in [-0.3, -0.25) is 4.79 Å².